The van der Waals surface area contributed by atoms with Gasteiger partial charge in [-0.15, -0.1) is 0 Å². The molecule has 84 valence electrons. The van der Waals surface area contributed by atoms with Crippen LogP contribution < -0.4 is 0 Å². The molecule has 0 unspecified atom stereocenters. The molecule has 0 atom stereocenters. The van der Waals surface area contributed by atoms with Crippen LogP contribution in [0.5, 0.6) is 0 Å². The van der Waals surface area contributed by atoms with E-state index in [9.17, 15) is 0 Å². The SMILES string of the molecule is CC1=CC(C2(C(C)(C)C)CCCC2)=CC1. The fraction of sp³-hybridized carbons (Fsp3) is 0.733. The molecule has 1 fully saturated rings. The van der Waals surface area contributed by atoms with E-state index < -0.39 is 0 Å². The van der Waals surface area contributed by atoms with Crippen molar-refractivity contribution in [1.29, 1.82) is 0 Å². The molecule has 0 nitrogen and oxygen atoms in total. The molecule has 1 saturated carbocycles. The van der Waals surface area contributed by atoms with E-state index in [1.54, 1.807) is 11.1 Å². The van der Waals surface area contributed by atoms with Crippen LogP contribution in [-0.4, -0.2) is 0 Å². The molecule has 0 aromatic heterocycles. The maximum Gasteiger partial charge on any atom is -0.000157 e. The second-order valence-electron chi connectivity index (χ2n) is 6.39. The van der Waals surface area contributed by atoms with Gasteiger partial charge in [0.1, 0.15) is 0 Å². The van der Waals surface area contributed by atoms with E-state index in [4.69, 9.17) is 0 Å². The Morgan fingerprint density at radius 1 is 1.13 bits per heavy atom. The molecule has 0 bridgehead atoms. The van der Waals surface area contributed by atoms with Crippen LogP contribution >= 0.6 is 0 Å². The topological polar surface area (TPSA) is 0 Å². The zero-order valence-corrected chi connectivity index (χ0v) is 10.7. The number of hydrogen-bond donors (Lipinski definition) is 0. The van der Waals surface area contributed by atoms with Crippen LogP contribution in [0.15, 0.2) is 23.3 Å². The molecule has 0 saturated heterocycles. The highest BCUT2D eigenvalue weighted by Crippen LogP contribution is 2.57. The summed E-state index contributed by atoms with van der Waals surface area (Å²) in [6, 6.07) is 0. The van der Waals surface area contributed by atoms with Crippen molar-refractivity contribution in [3.63, 3.8) is 0 Å². The van der Waals surface area contributed by atoms with Crippen LogP contribution in [0, 0.1) is 10.8 Å². The molecular formula is C15H24. The molecule has 0 radical (unpaired) electrons. The highest BCUT2D eigenvalue weighted by Gasteiger charge is 2.46. The smallest absolute Gasteiger partial charge is 0.000157 e. The van der Waals surface area contributed by atoms with E-state index in [1.807, 2.05) is 0 Å². The van der Waals surface area contributed by atoms with E-state index in [0.29, 0.717) is 10.8 Å². The van der Waals surface area contributed by atoms with Crippen molar-refractivity contribution < 1.29 is 0 Å². The minimum absolute atomic E-state index is 0.413. The Morgan fingerprint density at radius 3 is 2.13 bits per heavy atom. The largest absolute Gasteiger partial charge is 0.0767 e. The maximum absolute atomic E-state index is 2.48. The highest BCUT2D eigenvalue weighted by molar-refractivity contribution is 5.38. The molecule has 0 heteroatoms. The lowest BCUT2D eigenvalue weighted by Gasteiger charge is -2.43. The Bertz CT molecular complexity index is 303. The monoisotopic (exact) mass is 204 g/mol. The van der Waals surface area contributed by atoms with Gasteiger partial charge in [0.2, 0.25) is 0 Å². The lowest BCUT2D eigenvalue weighted by atomic mass is 9.61. The predicted octanol–water partition coefficient (Wildman–Crippen LogP) is 4.87. The summed E-state index contributed by atoms with van der Waals surface area (Å²) in [5.74, 6) is 0. The van der Waals surface area contributed by atoms with E-state index in [-0.39, 0.29) is 0 Å². The Kier molecular flexibility index (Phi) is 2.56. The van der Waals surface area contributed by atoms with Crippen LogP contribution in [0.3, 0.4) is 0 Å². The summed E-state index contributed by atoms with van der Waals surface area (Å²) >= 11 is 0. The summed E-state index contributed by atoms with van der Waals surface area (Å²) in [5.41, 5.74) is 4.08. The van der Waals surface area contributed by atoms with Gasteiger partial charge in [0.25, 0.3) is 0 Å². The second kappa shape index (κ2) is 3.50. The van der Waals surface area contributed by atoms with Crippen molar-refractivity contribution in [2.24, 2.45) is 10.8 Å². The third-order valence-corrected chi connectivity index (χ3v) is 4.49. The van der Waals surface area contributed by atoms with Gasteiger partial charge in [-0.05, 0) is 42.6 Å². The Balaban J connectivity index is 2.36. The number of rotatable bonds is 1. The minimum Gasteiger partial charge on any atom is -0.0767 e. The van der Waals surface area contributed by atoms with Crippen LogP contribution in [0.4, 0.5) is 0 Å². The first kappa shape index (κ1) is 11.0. The molecule has 2 rings (SSSR count). The molecule has 15 heavy (non-hydrogen) atoms. The van der Waals surface area contributed by atoms with Crippen molar-refractivity contribution >= 4 is 0 Å². The molecule has 0 aromatic rings. The average molecular weight is 204 g/mol. The summed E-state index contributed by atoms with van der Waals surface area (Å²) in [7, 11) is 0. The molecule has 0 aromatic carbocycles. The fourth-order valence-electron chi connectivity index (χ4n) is 3.44. The van der Waals surface area contributed by atoms with E-state index in [1.165, 1.54) is 32.1 Å². The first-order chi connectivity index (χ1) is 6.96. The Hall–Kier alpha value is -0.520. The summed E-state index contributed by atoms with van der Waals surface area (Å²) < 4.78 is 0. The molecule has 0 amide bonds. The van der Waals surface area contributed by atoms with Gasteiger partial charge < -0.3 is 0 Å². The summed E-state index contributed by atoms with van der Waals surface area (Å²) in [4.78, 5) is 0. The lowest BCUT2D eigenvalue weighted by Crippen LogP contribution is -2.34. The van der Waals surface area contributed by atoms with Crippen LogP contribution in [0.1, 0.15) is 59.8 Å². The quantitative estimate of drug-likeness (QED) is 0.571. The summed E-state index contributed by atoms with van der Waals surface area (Å²) in [6.07, 6.45) is 11.7. The van der Waals surface area contributed by atoms with Crippen molar-refractivity contribution in [3.05, 3.63) is 23.3 Å². The second-order valence-corrected chi connectivity index (χ2v) is 6.39. The van der Waals surface area contributed by atoms with Crippen LogP contribution in [-0.2, 0) is 0 Å². The zero-order chi connectivity index (χ0) is 11.1. The molecule has 2 aliphatic carbocycles. The van der Waals surface area contributed by atoms with Gasteiger partial charge in [0.05, 0.1) is 0 Å². The first-order valence-electron chi connectivity index (χ1n) is 6.33. The molecule has 0 spiro atoms. The van der Waals surface area contributed by atoms with Crippen molar-refractivity contribution in [3.8, 4) is 0 Å². The van der Waals surface area contributed by atoms with E-state index in [0.717, 1.165) is 0 Å². The van der Waals surface area contributed by atoms with Crippen molar-refractivity contribution in [1.82, 2.24) is 0 Å². The van der Waals surface area contributed by atoms with Crippen LogP contribution in [0.25, 0.3) is 0 Å². The van der Waals surface area contributed by atoms with Gasteiger partial charge in [0, 0.05) is 0 Å². The summed E-state index contributed by atoms with van der Waals surface area (Å²) in [6.45, 7) is 9.51. The highest BCUT2D eigenvalue weighted by atomic mass is 14.5. The maximum atomic E-state index is 2.48. The molecule has 0 heterocycles. The van der Waals surface area contributed by atoms with Crippen molar-refractivity contribution in [2.75, 3.05) is 0 Å². The third kappa shape index (κ3) is 1.68. The molecule has 2 aliphatic rings. The van der Waals surface area contributed by atoms with E-state index in [2.05, 4.69) is 39.8 Å². The first-order valence-corrected chi connectivity index (χ1v) is 6.33. The Morgan fingerprint density at radius 2 is 1.73 bits per heavy atom. The third-order valence-electron chi connectivity index (χ3n) is 4.49. The van der Waals surface area contributed by atoms with Gasteiger partial charge >= 0.3 is 0 Å². The molecule has 0 N–H and O–H groups in total. The predicted molar refractivity (Wildman–Crippen MR) is 66.8 cm³/mol. The average Bonchev–Trinajstić information content (AvgIpc) is 2.69. The Labute approximate surface area is 94.5 Å². The molecular weight excluding hydrogens is 180 g/mol. The normalized spacial score (nSPS) is 25.3. The lowest BCUT2D eigenvalue weighted by molar-refractivity contribution is 0.142. The van der Waals surface area contributed by atoms with Gasteiger partial charge in [-0.25, -0.2) is 0 Å². The number of allylic oxidation sites excluding steroid dienone is 4. The fourth-order valence-corrected chi connectivity index (χ4v) is 3.44. The minimum atomic E-state index is 0.413. The van der Waals surface area contributed by atoms with Gasteiger partial charge in [-0.1, -0.05) is 51.3 Å². The number of hydrogen-bond acceptors (Lipinski definition) is 0. The van der Waals surface area contributed by atoms with Gasteiger partial charge in [-0.2, -0.15) is 0 Å². The standard InChI is InChI=1S/C15H24/c1-12-7-8-13(11-12)15(14(2,3)4)9-5-6-10-15/h8,11H,5-7,9-10H2,1-4H3. The zero-order valence-electron chi connectivity index (χ0n) is 10.7. The van der Waals surface area contributed by atoms with Gasteiger partial charge in [0.15, 0.2) is 0 Å². The molecule has 0 aliphatic heterocycles. The van der Waals surface area contributed by atoms with Gasteiger partial charge in [-0.3, -0.25) is 0 Å². The van der Waals surface area contributed by atoms with E-state index >= 15 is 0 Å². The summed E-state index contributed by atoms with van der Waals surface area (Å²) in [5, 5.41) is 0. The van der Waals surface area contributed by atoms with Crippen molar-refractivity contribution in [2.45, 2.75) is 59.8 Å². The van der Waals surface area contributed by atoms with Crippen LogP contribution in [0.2, 0.25) is 0 Å².